The number of pyridine rings is 1. The normalized spacial score (nSPS) is 16.4. The largest absolute Gasteiger partial charge is 0.322 e. The molecule has 1 N–H and O–H groups in total. The minimum absolute atomic E-state index is 0.0908. The molecule has 2 aromatic heterocycles. The van der Waals surface area contributed by atoms with E-state index >= 15 is 0 Å². The molecule has 3 heterocycles. The summed E-state index contributed by atoms with van der Waals surface area (Å²) in [5.74, 6) is 0.718. The fraction of sp³-hybridized carbons (Fsp3) is 0.429. The molecule has 1 fully saturated rings. The van der Waals surface area contributed by atoms with Crippen molar-refractivity contribution < 1.29 is 0 Å². The van der Waals surface area contributed by atoms with Crippen molar-refractivity contribution in [2.45, 2.75) is 52.2 Å². The molecule has 36 heavy (non-hydrogen) atoms. The van der Waals surface area contributed by atoms with Crippen molar-refractivity contribution in [3.8, 4) is 0 Å². The van der Waals surface area contributed by atoms with Crippen LogP contribution >= 0.6 is 0 Å². The third-order valence-corrected chi connectivity index (χ3v) is 7.52. The molecule has 1 saturated heterocycles. The van der Waals surface area contributed by atoms with Crippen molar-refractivity contribution in [1.29, 1.82) is 0 Å². The second-order valence-corrected chi connectivity index (χ2v) is 10.5. The van der Waals surface area contributed by atoms with Crippen LogP contribution in [0.25, 0.3) is 10.9 Å². The molecule has 8 heteroatoms. The van der Waals surface area contributed by atoms with Gasteiger partial charge in [-0.2, -0.15) is 0 Å². The van der Waals surface area contributed by atoms with E-state index in [1.807, 2.05) is 22.9 Å². The Morgan fingerprint density at radius 2 is 1.78 bits per heavy atom. The molecule has 0 bridgehead atoms. The third kappa shape index (κ3) is 4.83. The Morgan fingerprint density at radius 1 is 1.03 bits per heavy atom. The fourth-order valence-corrected chi connectivity index (χ4v) is 5.01. The molecule has 1 atom stereocenters. The topological polar surface area (TPSA) is 82.9 Å². The number of nitrogens with zero attached hydrogens (tertiary/aromatic N) is 6. The quantitative estimate of drug-likeness (QED) is 0.428. The average Bonchev–Trinajstić information content (AvgIpc) is 3.37. The van der Waals surface area contributed by atoms with Crippen LogP contribution in [0.3, 0.4) is 0 Å². The van der Waals surface area contributed by atoms with Crippen molar-refractivity contribution >= 4 is 10.9 Å². The van der Waals surface area contributed by atoms with Crippen molar-refractivity contribution in [2.75, 3.05) is 26.2 Å². The Hall–Kier alpha value is -3.36. The average molecular weight is 486 g/mol. The summed E-state index contributed by atoms with van der Waals surface area (Å²) >= 11 is 0. The Kier molecular flexibility index (Phi) is 6.73. The Morgan fingerprint density at radius 3 is 2.50 bits per heavy atom. The zero-order valence-corrected chi connectivity index (χ0v) is 21.6. The van der Waals surface area contributed by atoms with Crippen LogP contribution in [0.2, 0.25) is 0 Å². The number of nitrogens with one attached hydrogen (secondary N) is 1. The van der Waals surface area contributed by atoms with Crippen molar-refractivity contribution in [3.63, 3.8) is 0 Å². The lowest BCUT2D eigenvalue weighted by atomic mass is 9.98. The lowest BCUT2D eigenvalue weighted by Gasteiger charge is -2.39. The van der Waals surface area contributed by atoms with Gasteiger partial charge in [0.15, 0.2) is 5.82 Å². The molecule has 5 rings (SSSR count). The smallest absolute Gasteiger partial charge is 0.253 e. The highest BCUT2D eigenvalue weighted by molar-refractivity contribution is 5.79. The van der Waals surface area contributed by atoms with Gasteiger partial charge in [0.25, 0.3) is 5.56 Å². The summed E-state index contributed by atoms with van der Waals surface area (Å²) in [4.78, 5) is 21.4. The summed E-state index contributed by atoms with van der Waals surface area (Å²) in [7, 11) is 0. The zero-order valence-electron chi connectivity index (χ0n) is 21.6. The van der Waals surface area contributed by atoms with Crippen LogP contribution in [0.5, 0.6) is 0 Å². The van der Waals surface area contributed by atoms with Crippen LogP contribution in [0, 0.1) is 6.92 Å². The summed E-state index contributed by atoms with van der Waals surface area (Å²) < 4.78 is 1.91. The number of piperazine rings is 1. The van der Waals surface area contributed by atoms with Crippen molar-refractivity contribution in [1.82, 2.24) is 35.0 Å². The molecule has 1 aliphatic rings. The Bertz CT molecular complexity index is 1380. The maximum absolute atomic E-state index is 13.5. The summed E-state index contributed by atoms with van der Waals surface area (Å²) in [6.07, 6.45) is 0.871. The van der Waals surface area contributed by atoms with E-state index in [-0.39, 0.29) is 17.1 Å². The predicted octanol–water partition coefficient (Wildman–Crippen LogP) is 3.88. The van der Waals surface area contributed by atoms with Gasteiger partial charge in [-0.15, -0.1) is 5.10 Å². The van der Waals surface area contributed by atoms with E-state index in [9.17, 15) is 4.79 Å². The number of rotatable bonds is 7. The number of fused-ring (bicyclic) bond motifs is 1. The first-order chi connectivity index (χ1) is 17.4. The molecule has 0 spiro atoms. The summed E-state index contributed by atoms with van der Waals surface area (Å²) in [6, 6.07) is 18.4. The minimum atomic E-state index is -0.335. The maximum Gasteiger partial charge on any atom is 0.253 e. The first kappa shape index (κ1) is 24.3. The SMILES string of the molecule is CCC(C)(C)n1nnnc1C(c1cc2cc(C)ccc2[nH]c1=O)N1CCN(Cc2ccccc2)CC1. The Balaban J connectivity index is 1.52. The molecule has 4 aromatic rings. The van der Waals surface area contributed by atoms with E-state index in [2.05, 4.69) is 94.4 Å². The number of benzene rings is 2. The summed E-state index contributed by atoms with van der Waals surface area (Å²) in [5, 5.41) is 14.0. The molecule has 188 valence electrons. The standard InChI is InChI=1S/C28H35N7O/c1-5-28(3,4)35-26(30-31-32-35)25(23-18-22-17-20(2)11-12-24(22)29-27(23)36)34-15-13-33(14-16-34)19-21-9-7-6-8-10-21/h6-12,17-18,25H,5,13-16,19H2,1-4H3,(H,29,36). The molecule has 0 saturated carbocycles. The fourth-order valence-electron chi connectivity index (χ4n) is 5.01. The summed E-state index contributed by atoms with van der Waals surface area (Å²) in [5.41, 5.74) is 3.64. The van der Waals surface area contributed by atoms with Crippen molar-refractivity contribution in [3.05, 3.63) is 87.5 Å². The predicted molar refractivity (Wildman–Crippen MR) is 142 cm³/mol. The van der Waals surface area contributed by atoms with Crippen LogP contribution in [-0.4, -0.2) is 61.2 Å². The van der Waals surface area contributed by atoms with Gasteiger partial charge in [-0.25, -0.2) is 4.68 Å². The highest BCUT2D eigenvalue weighted by Crippen LogP contribution is 2.31. The number of aryl methyl sites for hydroxylation is 1. The molecule has 2 aromatic carbocycles. The second kappa shape index (κ2) is 9.95. The number of H-pyrrole nitrogens is 1. The second-order valence-electron chi connectivity index (χ2n) is 10.5. The van der Waals surface area contributed by atoms with E-state index in [1.165, 1.54) is 5.56 Å². The molecule has 8 nitrogen and oxygen atoms in total. The number of hydrogen-bond acceptors (Lipinski definition) is 6. The van der Waals surface area contributed by atoms with Crippen LogP contribution < -0.4 is 5.56 Å². The number of aromatic nitrogens is 5. The molecular formula is C28H35N7O. The lowest BCUT2D eigenvalue weighted by molar-refractivity contribution is 0.0968. The molecular weight excluding hydrogens is 450 g/mol. The van der Waals surface area contributed by atoms with Crippen LogP contribution in [0.1, 0.15) is 55.7 Å². The zero-order chi connectivity index (χ0) is 25.3. The molecule has 1 unspecified atom stereocenters. The minimum Gasteiger partial charge on any atom is -0.322 e. The van der Waals surface area contributed by atoms with E-state index in [1.54, 1.807) is 0 Å². The molecule has 0 aliphatic carbocycles. The lowest BCUT2D eigenvalue weighted by Crippen LogP contribution is -2.49. The molecule has 1 aliphatic heterocycles. The van der Waals surface area contributed by atoms with Gasteiger partial charge in [0, 0.05) is 43.8 Å². The molecule has 0 amide bonds. The van der Waals surface area contributed by atoms with Crippen LogP contribution in [0.15, 0.2) is 59.4 Å². The van der Waals surface area contributed by atoms with E-state index in [0.717, 1.165) is 61.4 Å². The van der Waals surface area contributed by atoms with Gasteiger partial charge in [-0.1, -0.05) is 48.9 Å². The van der Waals surface area contributed by atoms with Gasteiger partial charge in [0.05, 0.1) is 5.54 Å². The number of tetrazole rings is 1. The van der Waals surface area contributed by atoms with Gasteiger partial charge >= 0.3 is 0 Å². The van der Waals surface area contributed by atoms with E-state index in [0.29, 0.717) is 5.56 Å². The number of hydrogen-bond donors (Lipinski definition) is 1. The number of aromatic amines is 1. The van der Waals surface area contributed by atoms with Gasteiger partial charge in [0.1, 0.15) is 6.04 Å². The van der Waals surface area contributed by atoms with E-state index in [4.69, 9.17) is 0 Å². The third-order valence-electron chi connectivity index (χ3n) is 7.52. The summed E-state index contributed by atoms with van der Waals surface area (Å²) in [6.45, 7) is 12.9. The highest BCUT2D eigenvalue weighted by Gasteiger charge is 2.35. The maximum atomic E-state index is 13.5. The molecule has 0 radical (unpaired) electrons. The van der Waals surface area contributed by atoms with Gasteiger partial charge in [0.2, 0.25) is 0 Å². The first-order valence-corrected chi connectivity index (χ1v) is 12.8. The van der Waals surface area contributed by atoms with Gasteiger partial charge < -0.3 is 4.98 Å². The van der Waals surface area contributed by atoms with Crippen molar-refractivity contribution in [2.24, 2.45) is 0 Å². The monoisotopic (exact) mass is 485 g/mol. The van der Waals surface area contributed by atoms with Gasteiger partial charge in [-0.3, -0.25) is 14.6 Å². The van der Waals surface area contributed by atoms with E-state index < -0.39 is 0 Å². The Labute approximate surface area is 211 Å². The first-order valence-electron chi connectivity index (χ1n) is 12.8. The van der Waals surface area contributed by atoms with Crippen LogP contribution in [-0.2, 0) is 12.1 Å². The van der Waals surface area contributed by atoms with Crippen LogP contribution in [0.4, 0.5) is 0 Å². The van der Waals surface area contributed by atoms with Gasteiger partial charge in [-0.05, 0) is 66.8 Å². The highest BCUT2D eigenvalue weighted by atomic mass is 16.1.